The van der Waals surface area contributed by atoms with Crippen molar-refractivity contribution in [3.8, 4) is 0 Å². The zero-order valence-corrected chi connectivity index (χ0v) is 19.0. The van der Waals surface area contributed by atoms with E-state index >= 15 is 0 Å². The van der Waals surface area contributed by atoms with Crippen LogP contribution in [0.3, 0.4) is 0 Å². The van der Waals surface area contributed by atoms with Crippen LogP contribution >= 0.6 is 0 Å². The van der Waals surface area contributed by atoms with E-state index in [2.05, 4.69) is 13.8 Å². The van der Waals surface area contributed by atoms with Gasteiger partial charge in [0.05, 0.1) is 52.9 Å². The molecule has 0 aliphatic rings. The molecule has 0 heterocycles. The van der Waals surface area contributed by atoms with E-state index in [0.29, 0.717) is 62.6 Å². The molecule has 0 N–H and O–H groups in total. The predicted octanol–water partition coefficient (Wildman–Crippen LogP) is 4.66. The van der Waals surface area contributed by atoms with Crippen LogP contribution in [0.1, 0.15) is 71.6 Å². The average Bonchev–Trinajstić information content (AvgIpc) is 2.68. The zero-order chi connectivity index (χ0) is 19.7. The Kier molecular flexibility index (Phi) is 26.0. The molecule has 2 radical (unpaired) electrons. The van der Waals surface area contributed by atoms with Crippen molar-refractivity contribution in [1.29, 1.82) is 0 Å². The molecule has 0 aromatic heterocycles. The van der Waals surface area contributed by atoms with Crippen molar-refractivity contribution in [3.63, 3.8) is 0 Å². The number of unbranched alkanes of at least 4 members (excludes halogenated alkanes) is 7. The maximum Gasteiger partial charge on any atom is 0.229 e. The molecule has 0 aromatic carbocycles. The van der Waals surface area contributed by atoms with Crippen LogP contribution in [0.5, 0.6) is 0 Å². The Balaban J connectivity index is 2.95. The van der Waals surface area contributed by atoms with Gasteiger partial charge in [-0.1, -0.05) is 65.2 Å². The third-order valence-electron chi connectivity index (χ3n) is 4.07. The number of ether oxygens (including phenoxy) is 4. The van der Waals surface area contributed by atoms with Crippen molar-refractivity contribution in [2.24, 2.45) is 0 Å². The number of hydrogen-bond donors (Lipinski definition) is 0. The highest BCUT2D eigenvalue weighted by molar-refractivity contribution is 6.26. The van der Waals surface area contributed by atoms with Gasteiger partial charge < -0.3 is 23.4 Å². The second-order valence-corrected chi connectivity index (χ2v) is 7.74. The largest absolute Gasteiger partial charge is 0.415 e. The van der Waals surface area contributed by atoms with E-state index in [1.54, 1.807) is 0 Å². The van der Waals surface area contributed by atoms with Crippen LogP contribution in [0.25, 0.3) is 0 Å². The maximum absolute atomic E-state index is 5.56. The lowest BCUT2D eigenvalue weighted by atomic mass is 10.1. The van der Waals surface area contributed by atoms with Crippen LogP contribution in [0.15, 0.2) is 0 Å². The van der Waals surface area contributed by atoms with E-state index in [1.165, 1.54) is 57.4 Å². The van der Waals surface area contributed by atoms with Gasteiger partial charge in [-0.25, -0.2) is 0 Å². The normalized spacial score (nSPS) is 11.3. The molecule has 0 aromatic rings. The van der Waals surface area contributed by atoms with Gasteiger partial charge in [0.25, 0.3) is 0 Å². The van der Waals surface area contributed by atoms with Crippen LogP contribution in [0.2, 0.25) is 6.04 Å². The molecule has 0 rings (SSSR count). The van der Waals surface area contributed by atoms with E-state index < -0.39 is 0 Å². The zero-order valence-electron chi connectivity index (χ0n) is 18.0. The quantitative estimate of drug-likeness (QED) is 0.173. The Morgan fingerprint density at radius 1 is 0.444 bits per heavy atom. The standard InChI is InChI=1S/C21H44O5Si/c1-3-5-7-8-9-10-12-22-13-14-23-15-16-24-17-18-25-19-20-26-27-21-11-6-4-2/h3-21H2,1-2H3. The molecule has 0 bridgehead atoms. The summed E-state index contributed by atoms with van der Waals surface area (Å²) >= 11 is 0. The summed E-state index contributed by atoms with van der Waals surface area (Å²) in [6, 6.07) is 1.18. The molecule has 0 unspecified atom stereocenters. The van der Waals surface area contributed by atoms with E-state index in [4.69, 9.17) is 23.4 Å². The van der Waals surface area contributed by atoms with Crippen molar-refractivity contribution >= 4 is 9.76 Å². The van der Waals surface area contributed by atoms with Gasteiger partial charge in [0, 0.05) is 6.61 Å². The van der Waals surface area contributed by atoms with Crippen LogP contribution in [-0.4, -0.2) is 69.2 Å². The first-order valence-corrected chi connectivity index (χ1v) is 12.2. The van der Waals surface area contributed by atoms with E-state index in [1.807, 2.05) is 0 Å². The summed E-state index contributed by atoms with van der Waals surface area (Å²) in [7, 11) is 0.615. The Labute approximate surface area is 170 Å². The van der Waals surface area contributed by atoms with Crippen molar-refractivity contribution in [2.75, 3.05) is 59.5 Å². The highest BCUT2D eigenvalue weighted by atomic mass is 28.2. The molecule has 0 saturated carbocycles. The van der Waals surface area contributed by atoms with Crippen LogP contribution in [0, 0.1) is 0 Å². The average molecular weight is 405 g/mol. The minimum atomic E-state index is 0.607. The van der Waals surface area contributed by atoms with Crippen molar-refractivity contribution < 1.29 is 23.4 Å². The van der Waals surface area contributed by atoms with Gasteiger partial charge in [0.2, 0.25) is 9.76 Å². The third kappa shape index (κ3) is 26.0. The predicted molar refractivity (Wildman–Crippen MR) is 113 cm³/mol. The Bertz CT molecular complexity index is 233. The highest BCUT2D eigenvalue weighted by Crippen LogP contribution is 2.04. The van der Waals surface area contributed by atoms with Crippen LogP contribution < -0.4 is 0 Å². The van der Waals surface area contributed by atoms with Crippen molar-refractivity contribution in [1.82, 2.24) is 0 Å². The fourth-order valence-corrected chi connectivity index (χ4v) is 3.20. The van der Waals surface area contributed by atoms with Crippen molar-refractivity contribution in [3.05, 3.63) is 0 Å². The van der Waals surface area contributed by atoms with Crippen LogP contribution in [-0.2, 0) is 23.4 Å². The summed E-state index contributed by atoms with van der Waals surface area (Å²) in [4.78, 5) is 0. The SMILES string of the molecule is CCCCCCCCOCCOCCOCCOCCO[Si]CCCCC. The molecule has 5 nitrogen and oxygen atoms in total. The van der Waals surface area contributed by atoms with Gasteiger partial charge in [-0.05, 0) is 12.5 Å². The van der Waals surface area contributed by atoms with Crippen LogP contribution in [0.4, 0.5) is 0 Å². The monoisotopic (exact) mass is 404 g/mol. The molecular weight excluding hydrogens is 360 g/mol. The molecule has 0 spiro atoms. The molecule has 27 heavy (non-hydrogen) atoms. The molecule has 0 atom stereocenters. The minimum Gasteiger partial charge on any atom is -0.415 e. The molecular formula is C21H44O5Si. The smallest absolute Gasteiger partial charge is 0.229 e. The maximum atomic E-state index is 5.56. The summed E-state index contributed by atoms with van der Waals surface area (Å²) in [6.07, 6.45) is 11.6. The Morgan fingerprint density at radius 2 is 0.889 bits per heavy atom. The van der Waals surface area contributed by atoms with Gasteiger partial charge >= 0.3 is 0 Å². The van der Waals surface area contributed by atoms with Gasteiger partial charge in [-0.3, -0.25) is 0 Å². The summed E-state index contributed by atoms with van der Waals surface area (Å²) in [5, 5.41) is 0. The third-order valence-corrected chi connectivity index (χ3v) is 5.04. The van der Waals surface area contributed by atoms with E-state index in [-0.39, 0.29) is 0 Å². The summed E-state index contributed by atoms with van der Waals surface area (Å²) in [5.41, 5.74) is 0. The molecule has 0 aliphatic carbocycles. The molecule has 0 amide bonds. The molecule has 0 fully saturated rings. The van der Waals surface area contributed by atoms with Gasteiger partial charge in [0.15, 0.2) is 0 Å². The topological polar surface area (TPSA) is 46.2 Å². The fourth-order valence-electron chi connectivity index (χ4n) is 2.44. The molecule has 0 aliphatic heterocycles. The van der Waals surface area contributed by atoms with Gasteiger partial charge in [-0.2, -0.15) is 0 Å². The van der Waals surface area contributed by atoms with Gasteiger partial charge in [0.1, 0.15) is 0 Å². The summed E-state index contributed by atoms with van der Waals surface area (Å²) < 4.78 is 27.5. The molecule has 6 heteroatoms. The Hall–Kier alpha value is 0.0169. The number of rotatable bonds is 24. The summed E-state index contributed by atoms with van der Waals surface area (Å²) in [6.45, 7) is 10.4. The second kappa shape index (κ2) is 26.0. The van der Waals surface area contributed by atoms with E-state index in [9.17, 15) is 0 Å². The van der Waals surface area contributed by atoms with Crippen molar-refractivity contribution in [2.45, 2.75) is 77.7 Å². The fraction of sp³-hybridized carbons (Fsp3) is 1.00. The first kappa shape index (κ1) is 27.0. The summed E-state index contributed by atoms with van der Waals surface area (Å²) in [5.74, 6) is 0. The lowest BCUT2D eigenvalue weighted by Crippen LogP contribution is -2.13. The highest BCUT2D eigenvalue weighted by Gasteiger charge is 1.95. The van der Waals surface area contributed by atoms with E-state index in [0.717, 1.165) is 13.0 Å². The Morgan fingerprint density at radius 3 is 1.48 bits per heavy atom. The first-order valence-electron chi connectivity index (χ1n) is 11.1. The van der Waals surface area contributed by atoms with Gasteiger partial charge in [-0.15, -0.1) is 0 Å². The second-order valence-electron chi connectivity index (χ2n) is 6.67. The lowest BCUT2D eigenvalue weighted by Gasteiger charge is -2.08. The molecule has 0 saturated heterocycles. The first-order chi connectivity index (χ1) is 13.4. The minimum absolute atomic E-state index is 0.607. The molecule has 162 valence electrons. The number of hydrogen-bond acceptors (Lipinski definition) is 5. The lowest BCUT2D eigenvalue weighted by molar-refractivity contribution is -0.00481.